The SMILES string of the molecule is CC[C@@H](C(=O)[C@@H](C)[C@@H](O)[C@H](C)[C@@H]1O[C@@H]([C@@H](CC)C(=O)OCc2cn(CC(=O)O)nn2)CC[C@@H]1C)[C@H]1O[C@]2(C=C[C@@H](O)[C@]3(CC[C@@](C)([C@H]4CC[C@](O)(CC)[C@H](C)O4)O3)O2)[C@H](C)C[C@@H]1C. The molecule has 5 aliphatic heterocycles. The predicted molar refractivity (Wildman–Crippen MR) is 228 cm³/mol. The lowest BCUT2D eigenvalue weighted by Crippen LogP contribution is -2.63. The van der Waals surface area contributed by atoms with Crippen molar-refractivity contribution in [3.8, 4) is 0 Å². The number of Topliss-reactive ketones (excluding diaryl/α,β-unsaturated/α-hetero) is 1. The van der Waals surface area contributed by atoms with E-state index >= 15 is 0 Å². The van der Waals surface area contributed by atoms with Crippen LogP contribution in [0.1, 0.15) is 139 Å². The van der Waals surface area contributed by atoms with Crippen LogP contribution in [0.4, 0.5) is 0 Å². The van der Waals surface area contributed by atoms with Crippen LogP contribution in [0, 0.1) is 41.4 Å². The van der Waals surface area contributed by atoms with Crippen LogP contribution in [0.2, 0.25) is 0 Å². The van der Waals surface area contributed by atoms with Gasteiger partial charge >= 0.3 is 11.9 Å². The summed E-state index contributed by atoms with van der Waals surface area (Å²) >= 11 is 0. The molecule has 0 saturated carbocycles. The molecular weight excluding hydrogens is 815 g/mol. The highest BCUT2D eigenvalue weighted by Gasteiger charge is 2.63. The molecule has 4 fully saturated rings. The summed E-state index contributed by atoms with van der Waals surface area (Å²) in [6, 6.07) is 0. The lowest BCUT2D eigenvalue weighted by Gasteiger charge is -2.54. The Bertz CT molecular complexity index is 1790. The Morgan fingerprint density at radius 2 is 1.67 bits per heavy atom. The number of hydrogen-bond donors (Lipinski definition) is 4. The summed E-state index contributed by atoms with van der Waals surface area (Å²) in [6.45, 7) is 19.1. The standard InChI is InChI=1S/C47H75N3O13/c1-11-33(43(56)58-25-32-23-50(49-48-32)24-38(52)53)35-15-14-26(4)41(60-35)30(8)39(54)29(7)40(55)34(12-2)42-27(5)22-28(6)46(61-42)19-16-36(51)47(63-46)21-20-44(10,62-47)37-17-18-45(57,13-3)31(9)59-37/h16,19,23,26-31,33-37,39,41-42,51,54,57H,11-15,17-18,20-22,24-25H2,1-10H3,(H,52,53)/t26-,27-,28+,29-,30-,31-,33+,34-,35+,36+,37+,39+,41+,42-,44-,45+,46-,47-/m0/s1. The molecule has 18 atom stereocenters. The van der Waals surface area contributed by atoms with Gasteiger partial charge in [0.2, 0.25) is 5.79 Å². The summed E-state index contributed by atoms with van der Waals surface area (Å²) in [4.78, 5) is 39.0. The second-order valence-corrected chi connectivity index (χ2v) is 20.0. The van der Waals surface area contributed by atoms with Crippen molar-refractivity contribution >= 4 is 17.7 Å². The van der Waals surface area contributed by atoms with Gasteiger partial charge in [0, 0.05) is 30.1 Å². The van der Waals surface area contributed by atoms with Gasteiger partial charge < -0.3 is 48.8 Å². The maximum Gasteiger partial charge on any atom is 0.325 e. The number of esters is 1. The molecule has 16 nitrogen and oxygen atoms in total. The molecule has 5 aliphatic rings. The number of ether oxygens (including phenoxy) is 6. The van der Waals surface area contributed by atoms with Gasteiger partial charge in [-0.2, -0.15) is 0 Å². The maximum absolute atomic E-state index is 14.7. The highest BCUT2D eigenvalue weighted by molar-refractivity contribution is 5.84. The van der Waals surface area contributed by atoms with E-state index in [1.165, 1.54) is 6.20 Å². The number of aliphatic hydroxyl groups excluding tert-OH is 2. The molecule has 6 rings (SSSR count). The number of hydrogen-bond acceptors (Lipinski definition) is 14. The van der Waals surface area contributed by atoms with Crippen molar-refractivity contribution in [3.05, 3.63) is 24.0 Å². The Labute approximate surface area is 372 Å². The van der Waals surface area contributed by atoms with E-state index in [9.17, 15) is 29.7 Å². The molecule has 0 amide bonds. The lowest BCUT2D eigenvalue weighted by molar-refractivity contribution is -0.409. The topological polar surface area (TPSA) is 218 Å². The molecule has 356 valence electrons. The molecule has 63 heavy (non-hydrogen) atoms. The van der Waals surface area contributed by atoms with Crippen LogP contribution >= 0.6 is 0 Å². The van der Waals surface area contributed by atoms with Crippen LogP contribution in [0.25, 0.3) is 0 Å². The van der Waals surface area contributed by atoms with Gasteiger partial charge in [0.25, 0.3) is 0 Å². The first-order chi connectivity index (χ1) is 29.6. The molecule has 0 bridgehead atoms. The number of carboxylic acid groups (broad SMARTS) is 1. The molecule has 0 aromatic carbocycles. The van der Waals surface area contributed by atoms with Gasteiger partial charge in [-0.05, 0) is 95.6 Å². The number of aromatic nitrogens is 3. The quantitative estimate of drug-likeness (QED) is 0.119. The monoisotopic (exact) mass is 890 g/mol. The van der Waals surface area contributed by atoms with Crippen molar-refractivity contribution in [1.82, 2.24) is 15.0 Å². The van der Waals surface area contributed by atoms with E-state index in [0.717, 1.165) is 11.1 Å². The van der Waals surface area contributed by atoms with Gasteiger partial charge in [-0.25, -0.2) is 4.68 Å². The Morgan fingerprint density at radius 3 is 2.32 bits per heavy atom. The van der Waals surface area contributed by atoms with Crippen molar-refractivity contribution in [1.29, 1.82) is 0 Å². The summed E-state index contributed by atoms with van der Waals surface area (Å²) < 4.78 is 40.6. The normalized spacial score (nSPS) is 40.6. The summed E-state index contributed by atoms with van der Waals surface area (Å²) in [7, 11) is 0. The molecule has 1 aromatic heterocycles. The number of carbonyl (C=O) groups is 3. The second kappa shape index (κ2) is 19.6. The number of carbonyl (C=O) groups excluding carboxylic acids is 2. The van der Waals surface area contributed by atoms with Gasteiger partial charge in [0.15, 0.2) is 5.79 Å². The third kappa shape index (κ3) is 9.98. The van der Waals surface area contributed by atoms with Crippen molar-refractivity contribution in [3.63, 3.8) is 0 Å². The van der Waals surface area contributed by atoms with Crippen molar-refractivity contribution in [2.45, 2.75) is 212 Å². The predicted octanol–water partition coefficient (Wildman–Crippen LogP) is 5.52. The van der Waals surface area contributed by atoms with E-state index in [4.69, 9.17) is 33.5 Å². The van der Waals surface area contributed by atoms with Crippen molar-refractivity contribution < 1.29 is 63.2 Å². The fourth-order valence-electron chi connectivity index (χ4n) is 11.3. The molecule has 4 N–H and O–H groups in total. The number of ketones is 1. The molecule has 4 saturated heterocycles. The lowest BCUT2D eigenvalue weighted by atomic mass is 9.72. The number of nitrogens with zero attached hydrogens (tertiary/aromatic N) is 3. The first-order valence-corrected chi connectivity index (χ1v) is 23.6. The van der Waals surface area contributed by atoms with E-state index in [2.05, 4.69) is 31.1 Å². The zero-order valence-electron chi connectivity index (χ0n) is 39.1. The molecule has 0 aliphatic carbocycles. The molecular formula is C47H75N3O13. The number of aliphatic hydroxyl groups is 3. The smallest absolute Gasteiger partial charge is 0.325 e. The minimum Gasteiger partial charge on any atom is -0.480 e. The van der Waals surface area contributed by atoms with E-state index in [0.29, 0.717) is 63.5 Å². The van der Waals surface area contributed by atoms with E-state index in [1.54, 1.807) is 19.1 Å². The van der Waals surface area contributed by atoms with Crippen LogP contribution in [-0.4, -0.2) is 119 Å². The van der Waals surface area contributed by atoms with Gasteiger partial charge in [-0.15, -0.1) is 5.10 Å². The van der Waals surface area contributed by atoms with Crippen LogP contribution in [0.15, 0.2) is 18.3 Å². The van der Waals surface area contributed by atoms with Gasteiger partial charge in [0.05, 0.1) is 59.9 Å². The zero-order chi connectivity index (χ0) is 46.2. The Balaban J connectivity index is 1.11. The molecule has 2 spiro atoms. The average Bonchev–Trinajstić information content (AvgIpc) is 3.85. The highest BCUT2D eigenvalue weighted by atomic mass is 16.8. The van der Waals surface area contributed by atoms with Gasteiger partial charge in [-0.3, -0.25) is 14.4 Å². The Morgan fingerprint density at radius 1 is 0.952 bits per heavy atom. The number of rotatable bonds is 16. The van der Waals surface area contributed by atoms with Gasteiger partial charge in [0.1, 0.15) is 30.7 Å². The Kier molecular flexibility index (Phi) is 15.4. The minimum atomic E-state index is -1.40. The molecule has 1 aromatic rings. The third-order valence-corrected chi connectivity index (χ3v) is 15.7. The summed E-state index contributed by atoms with van der Waals surface area (Å²) in [5, 5.41) is 51.2. The first-order valence-electron chi connectivity index (χ1n) is 23.6. The second-order valence-electron chi connectivity index (χ2n) is 20.0. The fraction of sp³-hybridized carbons (Fsp3) is 0.851. The van der Waals surface area contributed by atoms with Crippen LogP contribution in [-0.2, 0) is 56.0 Å². The third-order valence-electron chi connectivity index (χ3n) is 15.7. The maximum atomic E-state index is 14.7. The minimum absolute atomic E-state index is 0.0183. The molecule has 0 radical (unpaired) electrons. The zero-order valence-corrected chi connectivity index (χ0v) is 39.1. The molecule has 0 unspecified atom stereocenters. The fourth-order valence-corrected chi connectivity index (χ4v) is 11.3. The summed E-state index contributed by atoms with van der Waals surface area (Å²) in [5.74, 6) is -6.74. The summed E-state index contributed by atoms with van der Waals surface area (Å²) in [6.07, 6.45) is 6.48. The number of aliphatic carboxylic acids is 1. The van der Waals surface area contributed by atoms with E-state index in [1.807, 2.05) is 41.5 Å². The highest BCUT2D eigenvalue weighted by Crippen LogP contribution is 2.54. The molecule has 16 heteroatoms. The largest absolute Gasteiger partial charge is 0.480 e. The Hall–Kier alpha value is -2.83. The van der Waals surface area contributed by atoms with E-state index in [-0.39, 0.29) is 48.9 Å². The first kappa shape index (κ1) is 49.6. The van der Waals surface area contributed by atoms with Gasteiger partial charge in [-0.1, -0.05) is 60.6 Å². The van der Waals surface area contributed by atoms with Crippen molar-refractivity contribution in [2.24, 2.45) is 41.4 Å². The van der Waals surface area contributed by atoms with Crippen LogP contribution in [0.3, 0.4) is 0 Å². The van der Waals surface area contributed by atoms with E-state index < -0.39 is 88.9 Å². The van der Waals surface area contributed by atoms with Crippen molar-refractivity contribution in [2.75, 3.05) is 0 Å². The number of carboxylic acids is 1. The van der Waals surface area contributed by atoms with Crippen LogP contribution < -0.4 is 0 Å². The van der Waals surface area contributed by atoms with Crippen LogP contribution in [0.5, 0.6) is 0 Å². The summed E-state index contributed by atoms with van der Waals surface area (Å²) in [5.41, 5.74) is -1.34. The molecule has 6 heterocycles. The average molecular weight is 890 g/mol.